The highest BCUT2D eigenvalue weighted by molar-refractivity contribution is 7.14. The number of anilines is 1. The summed E-state index contributed by atoms with van der Waals surface area (Å²) in [4.78, 5) is 17.9. The van der Waals surface area contributed by atoms with Gasteiger partial charge in [0.15, 0.2) is 5.13 Å². The van der Waals surface area contributed by atoms with E-state index in [2.05, 4.69) is 4.98 Å². The summed E-state index contributed by atoms with van der Waals surface area (Å²) in [6, 6.07) is 15.2. The van der Waals surface area contributed by atoms with Crippen molar-refractivity contribution in [2.45, 2.75) is 32.5 Å². The number of ether oxygens (including phenoxy) is 1. The van der Waals surface area contributed by atoms with Crippen molar-refractivity contribution in [3.8, 4) is 28.1 Å². The summed E-state index contributed by atoms with van der Waals surface area (Å²) in [5, 5.41) is 11.7. The van der Waals surface area contributed by atoms with Crippen LogP contribution in [0.15, 0.2) is 66.0 Å². The van der Waals surface area contributed by atoms with Crippen LogP contribution in [-0.4, -0.2) is 29.1 Å². The number of aliphatic carboxylic acids is 1. The summed E-state index contributed by atoms with van der Waals surface area (Å²) in [5.74, 6) is -1.26. The quantitative estimate of drug-likeness (QED) is 0.230. The van der Waals surface area contributed by atoms with E-state index in [0.717, 1.165) is 28.8 Å². The summed E-state index contributed by atoms with van der Waals surface area (Å²) in [7, 11) is 0. The number of rotatable bonds is 7. The number of aryl methyl sites for hydroxylation is 1. The Morgan fingerprint density at radius 1 is 1.07 bits per heavy atom. The number of hydrogen-bond acceptors (Lipinski definition) is 5. The number of hydrogen-bond donors (Lipinski definition) is 1. The van der Waals surface area contributed by atoms with Crippen LogP contribution in [0.3, 0.4) is 0 Å². The number of carbonyl (C=O) groups is 1. The Labute approximate surface area is 232 Å². The third kappa shape index (κ3) is 5.96. The second-order valence-corrected chi connectivity index (χ2v) is 10.6. The van der Waals surface area contributed by atoms with E-state index in [1.54, 1.807) is 17.5 Å². The molecule has 0 radical (unpaired) electrons. The lowest BCUT2D eigenvalue weighted by Gasteiger charge is -2.29. The average Bonchev–Trinajstić information content (AvgIpc) is 3.42. The first-order valence-corrected chi connectivity index (χ1v) is 13.6. The molecule has 0 saturated carbocycles. The van der Waals surface area contributed by atoms with E-state index in [9.17, 15) is 23.1 Å². The third-order valence-electron chi connectivity index (χ3n) is 7.11. The van der Waals surface area contributed by atoms with Gasteiger partial charge >= 0.3 is 12.1 Å². The zero-order valence-electron chi connectivity index (χ0n) is 21.5. The molecule has 10 heteroatoms. The standard InChI is InChI=1S/C30H26F4N2O3S/c1-18-15-21(19-7-9-23(10-8-19)30(32,33)34)5-6-22(18)16-39-26-4-2-3-24(31)27(26)25-17-40-29(35-25)36-13-11-20(12-14-36)28(37)38/h2-10,15,17,20H,11-14,16H2,1H3,(H,37,38). The number of halogens is 4. The Bertz CT molecular complexity index is 1510. The number of carboxylic acid groups (broad SMARTS) is 1. The molecule has 208 valence electrons. The van der Waals surface area contributed by atoms with Gasteiger partial charge in [0.25, 0.3) is 0 Å². The Morgan fingerprint density at radius 2 is 1.77 bits per heavy atom. The molecule has 5 rings (SSSR count). The molecule has 0 atom stereocenters. The van der Waals surface area contributed by atoms with Crippen LogP contribution in [0, 0.1) is 18.7 Å². The van der Waals surface area contributed by atoms with Crippen molar-refractivity contribution in [2.75, 3.05) is 18.0 Å². The maximum atomic E-state index is 15.0. The van der Waals surface area contributed by atoms with Crippen molar-refractivity contribution in [3.63, 3.8) is 0 Å². The summed E-state index contributed by atoms with van der Waals surface area (Å²) >= 11 is 1.38. The van der Waals surface area contributed by atoms with Gasteiger partial charge in [-0.05, 0) is 66.3 Å². The van der Waals surface area contributed by atoms with Crippen molar-refractivity contribution >= 4 is 22.4 Å². The van der Waals surface area contributed by atoms with Gasteiger partial charge in [-0.25, -0.2) is 9.37 Å². The predicted molar refractivity (Wildman–Crippen MR) is 146 cm³/mol. The Kier molecular flexibility index (Phi) is 7.80. The second kappa shape index (κ2) is 11.3. The monoisotopic (exact) mass is 570 g/mol. The van der Waals surface area contributed by atoms with E-state index in [1.165, 1.54) is 29.5 Å². The second-order valence-electron chi connectivity index (χ2n) is 9.73. The molecule has 1 aromatic heterocycles. The number of aromatic nitrogens is 1. The number of piperidine rings is 1. The van der Waals surface area contributed by atoms with Gasteiger partial charge in [0.05, 0.1) is 22.7 Å². The van der Waals surface area contributed by atoms with E-state index in [-0.39, 0.29) is 18.1 Å². The lowest BCUT2D eigenvalue weighted by atomic mass is 9.97. The predicted octanol–water partition coefficient (Wildman–Crippen LogP) is 7.82. The topological polar surface area (TPSA) is 62.7 Å². The average molecular weight is 571 g/mol. The van der Waals surface area contributed by atoms with Gasteiger partial charge in [-0.15, -0.1) is 11.3 Å². The molecule has 40 heavy (non-hydrogen) atoms. The zero-order chi connectivity index (χ0) is 28.4. The molecule has 3 aromatic carbocycles. The normalized spacial score (nSPS) is 14.4. The number of nitrogens with zero attached hydrogens (tertiary/aromatic N) is 2. The van der Waals surface area contributed by atoms with E-state index >= 15 is 4.39 Å². The summed E-state index contributed by atoms with van der Waals surface area (Å²) in [6.07, 6.45) is -3.31. The molecular weight excluding hydrogens is 544 g/mol. The molecule has 0 amide bonds. The van der Waals surface area contributed by atoms with E-state index in [4.69, 9.17) is 4.74 Å². The molecule has 1 aliphatic rings. The van der Waals surface area contributed by atoms with Crippen LogP contribution >= 0.6 is 11.3 Å². The van der Waals surface area contributed by atoms with Crippen LogP contribution in [0.1, 0.15) is 29.5 Å². The molecule has 1 fully saturated rings. The Morgan fingerprint density at radius 3 is 2.42 bits per heavy atom. The molecule has 1 aliphatic heterocycles. The molecule has 0 unspecified atom stereocenters. The number of thiazole rings is 1. The molecule has 2 heterocycles. The Balaban J connectivity index is 1.30. The highest BCUT2D eigenvalue weighted by Crippen LogP contribution is 2.37. The number of carboxylic acids is 1. The smallest absolute Gasteiger partial charge is 0.416 e. The highest BCUT2D eigenvalue weighted by atomic mass is 32.1. The van der Waals surface area contributed by atoms with Gasteiger partial charge in [0.1, 0.15) is 18.2 Å². The fraction of sp³-hybridized carbons (Fsp3) is 0.267. The first-order valence-electron chi connectivity index (χ1n) is 12.7. The van der Waals surface area contributed by atoms with Crippen molar-refractivity contribution in [1.29, 1.82) is 0 Å². The first-order chi connectivity index (χ1) is 19.1. The molecule has 0 spiro atoms. The fourth-order valence-electron chi connectivity index (χ4n) is 4.76. The zero-order valence-corrected chi connectivity index (χ0v) is 22.4. The van der Waals surface area contributed by atoms with E-state index in [0.29, 0.717) is 48.1 Å². The largest absolute Gasteiger partial charge is 0.488 e. The summed E-state index contributed by atoms with van der Waals surface area (Å²) < 4.78 is 59.7. The van der Waals surface area contributed by atoms with Gasteiger partial charge in [0.2, 0.25) is 0 Å². The van der Waals surface area contributed by atoms with Crippen molar-refractivity contribution in [2.24, 2.45) is 5.92 Å². The molecule has 5 nitrogen and oxygen atoms in total. The van der Waals surface area contributed by atoms with E-state index in [1.807, 2.05) is 30.0 Å². The van der Waals surface area contributed by atoms with Gasteiger partial charge < -0.3 is 14.7 Å². The van der Waals surface area contributed by atoms with Crippen molar-refractivity contribution < 1.29 is 32.2 Å². The van der Waals surface area contributed by atoms with Gasteiger partial charge in [0, 0.05) is 18.5 Å². The summed E-state index contributed by atoms with van der Waals surface area (Å²) in [5.41, 5.74) is 3.19. The van der Waals surface area contributed by atoms with Crippen LogP contribution in [0.4, 0.5) is 22.7 Å². The fourth-order valence-corrected chi connectivity index (χ4v) is 5.63. The molecular formula is C30H26F4N2O3S. The van der Waals surface area contributed by atoms with Crippen LogP contribution in [0.5, 0.6) is 5.75 Å². The SMILES string of the molecule is Cc1cc(-c2ccc(C(F)(F)F)cc2)ccc1COc1cccc(F)c1-c1csc(N2CCC(C(=O)O)CC2)n1. The maximum absolute atomic E-state index is 15.0. The molecule has 4 aromatic rings. The minimum Gasteiger partial charge on any atom is -0.488 e. The van der Waals surface area contributed by atoms with Crippen LogP contribution < -0.4 is 9.64 Å². The number of benzene rings is 3. The van der Waals surface area contributed by atoms with Crippen LogP contribution in [0.25, 0.3) is 22.4 Å². The number of alkyl halides is 3. The van der Waals surface area contributed by atoms with E-state index < -0.39 is 23.5 Å². The minimum atomic E-state index is -4.38. The molecule has 0 bridgehead atoms. The lowest BCUT2D eigenvalue weighted by Crippen LogP contribution is -2.36. The Hall–Kier alpha value is -3.92. The van der Waals surface area contributed by atoms with Crippen molar-refractivity contribution in [1.82, 2.24) is 4.98 Å². The third-order valence-corrected chi connectivity index (χ3v) is 8.01. The van der Waals surface area contributed by atoms with Gasteiger partial charge in [-0.2, -0.15) is 13.2 Å². The molecule has 1 saturated heterocycles. The first kappa shape index (κ1) is 27.6. The van der Waals surface area contributed by atoms with Crippen molar-refractivity contribution in [3.05, 3.63) is 88.6 Å². The minimum absolute atomic E-state index is 0.162. The van der Waals surface area contributed by atoms with Gasteiger partial charge in [-0.3, -0.25) is 4.79 Å². The van der Waals surface area contributed by atoms with Gasteiger partial charge in [-0.1, -0.05) is 36.4 Å². The lowest BCUT2D eigenvalue weighted by molar-refractivity contribution is -0.142. The molecule has 1 N–H and O–H groups in total. The van der Waals surface area contributed by atoms with Crippen LogP contribution in [-0.2, 0) is 17.6 Å². The maximum Gasteiger partial charge on any atom is 0.416 e. The molecule has 0 aliphatic carbocycles. The van der Waals surface area contributed by atoms with Crippen LogP contribution in [0.2, 0.25) is 0 Å². The highest BCUT2D eigenvalue weighted by Gasteiger charge is 2.30. The summed E-state index contributed by atoms with van der Waals surface area (Å²) in [6.45, 7) is 3.20.